The van der Waals surface area contributed by atoms with Crippen LogP contribution < -0.4 is 19.9 Å². The molecule has 0 unspecified atom stereocenters. The van der Waals surface area contributed by atoms with Crippen LogP contribution in [0.5, 0.6) is 17.2 Å². The molecule has 1 saturated carbocycles. The van der Waals surface area contributed by atoms with Crippen molar-refractivity contribution in [3.63, 3.8) is 0 Å². The van der Waals surface area contributed by atoms with Gasteiger partial charge in [0.1, 0.15) is 5.75 Å². The van der Waals surface area contributed by atoms with E-state index in [1.807, 2.05) is 12.1 Å². The number of nitrogens with two attached hydrogens (primary N) is 1. The molecule has 4 nitrogen and oxygen atoms in total. The Kier molecular flexibility index (Phi) is 2.40. The Bertz CT molecular complexity index is 439. The minimum absolute atomic E-state index is 0.272. The topological polar surface area (TPSA) is 53.7 Å². The van der Waals surface area contributed by atoms with Gasteiger partial charge in [-0.05, 0) is 18.9 Å². The van der Waals surface area contributed by atoms with Crippen LogP contribution in [0, 0.1) is 0 Å². The molecule has 0 bridgehead atoms. The van der Waals surface area contributed by atoms with Crippen LogP contribution in [0.25, 0.3) is 0 Å². The largest absolute Gasteiger partial charge is 0.496 e. The highest BCUT2D eigenvalue weighted by Crippen LogP contribution is 2.46. The maximum Gasteiger partial charge on any atom is 0.231 e. The Hall–Kier alpha value is -1.42. The molecule has 1 aromatic carbocycles. The summed E-state index contributed by atoms with van der Waals surface area (Å²) in [6.07, 6.45) is 4.36. The van der Waals surface area contributed by atoms with E-state index < -0.39 is 0 Å². The standard InChI is InChI=1S/C13H17NO3/c1-15-10-7-12-11(16-8-17-12)6-9(10)13(14)4-2-3-5-13/h6-7H,2-5,8,14H2,1H3. The van der Waals surface area contributed by atoms with Crippen molar-refractivity contribution in [2.24, 2.45) is 5.73 Å². The third-order valence-corrected chi connectivity index (χ3v) is 3.73. The number of fused-ring (bicyclic) bond motifs is 1. The van der Waals surface area contributed by atoms with Crippen molar-refractivity contribution in [3.05, 3.63) is 17.7 Å². The van der Waals surface area contributed by atoms with Gasteiger partial charge in [-0.15, -0.1) is 0 Å². The fourth-order valence-corrected chi connectivity index (χ4v) is 2.76. The van der Waals surface area contributed by atoms with Crippen LogP contribution in [0.4, 0.5) is 0 Å². The normalized spacial score (nSPS) is 20.6. The highest BCUT2D eigenvalue weighted by Gasteiger charge is 2.35. The lowest BCUT2D eigenvalue weighted by Crippen LogP contribution is -2.33. The monoisotopic (exact) mass is 235 g/mol. The summed E-state index contributed by atoms with van der Waals surface area (Å²) in [6, 6.07) is 3.86. The first-order chi connectivity index (χ1) is 8.23. The summed E-state index contributed by atoms with van der Waals surface area (Å²) >= 11 is 0. The molecule has 0 spiro atoms. The quantitative estimate of drug-likeness (QED) is 0.853. The summed E-state index contributed by atoms with van der Waals surface area (Å²) in [5.74, 6) is 2.32. The SMILES string of the molecule is COc1cc2c(cc1C1(N)CCCC1)OCO2. The zero-order valence-electron chi connectivity index (χ0n) is 9.99. The third kappa shape index (κ3) is 1.63. The van der Waals surface area contributed by atoms with Gasteiger partial charge in [0.2, 0.25) is 6.79 Å². The summed E-state index contributed by atoms with van der Waals surface area (Å²) in [6.45, 7) is 0.277. The van der Waals surface area contributed by atoms with Gasteiger partial charge < -0.3 is 19.9 Å². The molecule has 2 aliphatic rings. The summed E-state index contributed by atoms with van der Waals surface area (Å²) in [7, 11) is 1.67. The van der Waals surface area contributed by atoms with E-state index >= 15 is 0 Å². The second-order valence-electron chi connectivity index (χ2n) is 4.77. The maximum absolute atomic E-state index is 6.47. The fraction of sp³-hybridized carbons (Fsp3) is 0.538. The molecule has 0 radical (unpaired) electrons. The molecule has 2 N–H and O–H groups in total. The number of hydrogen-bond acceptors (Lipinski definition) is 4. The lowest BCUT2D eigenvalue weighted by molar-refractivity contribution is 0.173. The van der Waals surface area contributed by atoms with Gasteiger partial charge >= 0.3 is 0 Å². The van der Waals surface area contributed by atoms with Crippen molar-refractivity contribution in [2.75, 3.05) is 13.9 Å². The number of ether oxygens (including phenoxy) is 3. The van der Waals surface area contributed by atoms with E-state index in [9.17, 15) is 0 Å². The van der Waals surface area contributed by atoms with Gasteiger partial charge in [-0.3, -0.25) is 0 Å². The van der Waals surface area contributed by atoms with E-state index in [2.05, 4.69) is 0 Å². The molecule has 17 heavy (non-hydrogen) atoms. The molecule has 1 aromatic rings. The highest BCUT2D eigenvalue weighted by atomic mass is 16.7. The summed E-state index contributed by atoms with van der Waals surface area (Å²) < 4.78 is 16.2. The molecular formula is C13H17NO3. The van der Waals surface area contributed by atoms with Gasteiger partial charge in [-0.25, -0.2) is 0 Å². The van der Waals surface area contributed by atoms with Gasteiger partial charge in [0, 0.05) is 17.2 Å². The molecule has 3 rings (SSSR count). The van der Waals surface area contributed by atoms with E-state index in [1.165, 1.54) is 12.8 Å². The molecule has 0 amide bonds. The van der Waals surface area contributed by atoms with E-state index in [0.717, 1.165) is 35.7 Å². The molecule has 1 aliphatic heterocycles. The number of rotatable bonds is 2. The molecule has 4 heteroatoms. The number of benzene rings is 1. The third-order valence-electron chi connectivity index (χ3n) is 3.73. The van der Waals surface area contributed by atoms with Gasteiger partial charge in [-0.1, -0.05) is 12.8 Å². The predicted molar refractivity (Wildman–Crippen MR) is 63.5 cm³/mol. The van der Waals surface area contributed by atoms with Crippen LogP contribution in [0.3, 0.4) is 0 Å². The summed E-state index contributed by atoms with van der Waals surface area (Å²) in [4.78, 5) is 0. The average Bonchev–Trinajstić information content (AvgIpc) is 2.95. The van der Waals surface area contributed by atoms with Gasteiger partial charge in [-0.2, -0.15) is 0 Å². The second-order valence-corrected chi connectivity index (χ2v) is 4.77. The van der Waals surface area contributed by atoms with E-state index in [1.54, 1.807) is 7.11 Å². The minimum atomic E-state index is -0.272. The molecule has 1 heterocycles. The van der Waals surface area contributed by atoms with E-state index in [0.29, 0.717) is 0 Å². The first-order valence-corrected chi connectivity index (χ1v) is 6.00. The Balaban J connectivity index is 2.08. The Labute approximate surface area is 101 Å². The van der Waals surface area contributed by atoms with Crippen LogP contribution in [-0.4, -0.2) is 13.9 Å². The van der Waals surface area contributed by atoms with Gasteiger partial charge in [0.15, 0.2) is 11.5 Å². The van der Waals surface area contributed by atoms with Crippen molar-refractivity contribution >= 4 is 0 Å². The summed E-state index contributed by atoms with van der Waals surface area (Å²) in [5, 5.41) is 0. The molecule has 1 aliphatic carbocycles. The predicted octanol–water partition coefficient (Wildman–Crippen LogP) is 2.15. The molecular weight excluding hydrogens is 218 g/mol. The molecule has 0 atom stereocenters. The fourth-order valence-electron chi connectivity index (χ4n) is 2.76. The zero-order chi connectivity index (χ0) is 11.9. The second kappa shape index (κ2) is 3.81. The van der Waals surface area contributed by atoms with Crippen LogP contribution in [-0.2, 0) is 5.54 Å². The highest BCUT2D eigenvalue weighted by molar-refractivity contribution is 5.54. The lowest BCUT2D eigenvalue weighted by atomic mass is 9.88. The van der Waals surface area contributed by atoms with Crippen molar-refractivity contribution in [3.8, 4) is 17.2 Å². The van der Waals surface area contributed by atoms with E-state index in [4.69, 9.17) is 19.9 Å². The number of methoxy groups -OCH3 is 1. The first-order valence-electron chi connectivity index (χ1n) is 6.00. The van der Waals surface area contributed by atoms with Crippen LogP contribution in [0.1, 0.15) is 31.2 Å². The maximum atomic E-state index is 6.47. The van der Waals surface area contributed by atoms with E-state index in [-0.39, 0.29) is 12.3 Å². The molecule has 0 aromatic heterocycles. The molecule has 1 fully saturated rings. The van der Waals surface area contributed by atoms with Gasteiger partial charge in [0.25, 0.3) is 0 Å². The smallest absolute Gasteiger partial charge is 0.231 e. The lowest BCUT2D eigenvalue weighted by Gasteiger charge is -2.26. The van der Waals surface area contributed by atoms with Crippen LogP contribution in [0.15, 0.2) is 12.1 Å². The molecule has 0 saturated heterocycles. The Morgan fingerprint density at radius 3 is 2.47 bits per heavy atom. The Morgan fingerprint density at radius 1 is 1.18 bits per heavy atom. The van der Waals surface area contributed by atoms with Crippen molar-refractivity contribution < 1.29 is 14.2 Å². The number of hydrogen-bond donors (Lipinski definition) is 1. The van der Waals surface area contributed by atoms with Crippen LogP contribution >= 0.6 is 0 Å². The Morgan fingerprint density at radius 2 is 1.82 bits per heavy atom. The molecule has 92 valence electrons. The van der Waals surface area contributed by atoms with Crippen molar-refractivity contribution in [1.29, 1.82) is 0 Å². The zero-order valence-corrected chi connectivity index (χ0v) is 9.99. The average molecular weight is 235 g/mol. The van der Waals surface area contributed by atoms with Crippen molar-refractivity contribution in [1.82, 2.24) is 0 Å². The first kappa shape index (κ1) is 10.7. The summed E-state index contributed by atoms with van der Waals surface area (Å²) in [5.41, 5.74) is 7.25. The van der Waals surface area contributed by atoms with Gasteiger partial charge in [0.05, 0.1) is 7.11 Å². The minimum Gasteiger partial charge on any atom is -0.496 e. The van der Waals surface area contributed by atoms with Crippen molar-refractivity contribution in [2.45, 2.75) is 31.2 Å². The van der Waals surface area contributed by atoms with Crippen LogP contribution in [0.2, 0.25) is 0 Å².